The van der Waals surface area contributed by atoms with Crippen LogP contribution in [0.5, 0.6) is 0 Å². The van der Waals surface area contributed by atoms with Gasteiger partial charge in [0.2, 0.25) is 0 Å². The molecule has 0 radical (unpaired) electrons. The van der Waals surface area contributed by atoms with Crippen LogP contribution in [0.1, 0.15) is 32.1 Å². The van der Waals surface area contributed by atoms with E-state index < -0.39 is 0 Å². The average Bonchev–Trinajstić information content (AvgIpc) is 3.16. The van der Waals surface area contributed by atoms with Gasteiger partial charge >= 0.3 is 6.33 Å². The van der Waals surface area contributed by atoms with Crippen LogP contribution in [-0.2, 0) is 4.79 Å². The molecule has 1 saturated carbocycles. The number of benzene rings is 1. The second kappa shape index (κ2) is 6.88. The van der Waals surface area contributed by atoms with Crippen molar-refractivity contribution in [2.45, 2.75) is 32.1 Å². The largest absolute Gasteiger partial charge is 0.312 e. The number of carbonyl (C=O) groups is 1. The number of carbonyl (C=O) groups excluding carboxylic acids is 1. The van der Waals surface area contributed by atoms with E-state index in [1.165, 1.54) is 25.7 Å². The Morgan fingerprint density at radius 1 is 1.41 bits per heavy atom. The zero-order valence-electron chi connectivity index (χ0n) is 12.3. The van der Waals surface area contributed by atoms with Crippen LogP contribution < -0.4 is 4.68 Å². The van der Waals surface area contributed by atoms with Gasteiger partial charge in [-0.15, -0.1) is 4.68 Å². The van der Waals surface area contributed by atoms with Gasteiger partial charge in [0.15, 0.2) is 5.78 Å². The predicted octanol–water partition coefficient (Wildman–Crippen LogP) is 3.64. The van der Waals surface area contributed by atoms with Gasteiger partial charge in [-0.25, -0.2) is 0 Å². The van der Waals surface area contributed by atoms with Crippen molar-refractivity contribution in [2.75, 3.05) is 0 Å². The number of halogens is 1. The third-order valence-corrected chi connectivity index (χ3v) is 4.27. The smallest absolute Gasteiger partial charge is 0.295 e. The maximum atomic E-state index is 11.9. The van der Waals surface area contributed by atoms with Crippen molar-refractivity contribution in [3.05, 3.63) is 41.7 Å². The first-order chi connectivity index (χ1) is 10.7. The Bertz CT molecular complexity index is 687. The van der Waals surface area contributed by atoms with Gasteiger partial charge in [-0.05, 0) is 29.1 Å². The number of ketones is 1. The zero-order chi connectivity index (χ0) is 15.4. The molecular weight excluding hydrogens is 298 g/mol. The molecule has 0 unspecified atom stereocenters. The molecule has 1 aliphatic carbocycles. The molecule has 0 aliphatic heterocycles. The number of nitrogens with zero attached hydrogens (tertiary/aromatic N) is 2. The molecule has 3 rings (SSSR count). The molecule has 1 fully saturated rings. The Morgan fingerprint density at radius 2 is 2.23 bits per heavy atom. The van der Waals surface area contributed by atoms with Crippen LogP contribution in [0.4, 0.5) is 0 Å². The standard InChI is InChI=1S/C17H18ClN3O/c18-15-7-3-6-14(11-15)17-19-12-21(20-17)9-8-16(22)10-13-4-1-2-5-13/h3,6-9,11-13H,1-2,4-5,10H2/p+1/b9-8-. The SMILES string of the molecule is O=C(/C=C\[n+]1cnc(-c2cccc(Cl)c2)[nH]1)CC1CCCC1. The number of nitrogens with one attached hydrogen (secondary N) is 1. The fourth-order valence-electron chi connectivity index (χ4n) is 2.88. The minimum atomic E-state index is 0.179. The van der Waals surface area contributed by atoms with Crippen LogP contribution in [0.3, 0.4) is 0 Å². The molecule has 4 nitrogen and oxygen atoms in total. The van der Waals surface area contributed by atoms with E-state index >= 15 is 0 Å². The summed E-state index contributed by atoms with van der Waals surface area (Å²) in [5, 5.41) is 3.78. The number of H-pyrrole nitrogens is 1. The first-order valence-corrected chi connectivity index (χ1v) is 8.01. The van der Waals surface area contributed by atoms with Crippen molar-refractivity contribution >= 4 is 23.6 Å². The van der Waals surface area contributed by atoms with E-state index in [1.807, 2.05) is 24.3 Å². The quantitative estimate of drug-likeness (QED) is 0.676. The van der Waals surface area contributed by atoms with Crippen molar-refractivity contribution in [2.24, 2.45) is 5.92 Å². The minimum Gasteiger partial charge on any atom is -0.295 e. The lowest BCUT2D eigenvalue weighted by Gasteiger charge is -2.03. The van der Waals surface area contributed by atoms with E-state index in [9.17, 15) is 4.79 Å². The van der Waals surface area contributed by atoms with Gasteiger partial charge in [-0.2, -0.15) is 5.10 Å². The predicted molar refractivity (Wildman–Crippen MR) is 86.1 cm³/mol. The number of allylic oxidation sites excluding steroid dienone is 1. The van der Waals surface area contributed by atoms with Gasteiger partial charge in [0.05, 0.1) is 0 Å². The Labute approximate surface area is 134 Å². The molecule has 1 N–H and O–H groups in total. The van der Waals surface area contributed by atoms with Gasteiger partial charge in [0, 0.05) is 23.1 Å². The molecule has 1 aromatic carbocycles. The van der Waals surface area contributed by atoms with E-state index in [1.54, 1.807) is 23.3 Å². The summed E-state index contributed by atoms with van der Waals surface area (Å²) in [6.45, 7) is 0. The fourth-order valence-corrected chi connectivity index (χ4v) is 3.07. The number of hydrogen-bond donors (Lipinski definition) is 1. The number of rotatable bonds is 5. The normalized spacial score (nSPS) is 15.7. The number of hydrogen-bond acceptors (Lipinski definition) is 2. The van der Waals surface area contributed by atoms with Crippen LogP contribution in [-0.4, -0.2) is 15.9 Å². The van der Waals surface area contributed by atoms with E-state index in [0.29, 0.717) is 17.4 Å². The summed E-state index contributed by atoms with van der Waals surface area (Å²) in [5.41, 5.74) is 0.914. The van der Waals surface area contributed by atoms with E-state index in [4.69, 9.17) is 11.6 Å². The van der Waals surface area contributed by atoms with Crippen LogP contribution >= 0.6 is 11.6 Å². The molecule has 5 heteroatoms. The Kier molecular flexibility index (Phi) is 4.68. The Hall–Kier alpha value is -1.94. The monoisotopic (exact) mass is 316 g/mol. The van der Waals surface area contributed by atoms with Crippen molar-refractivity contribution in [1.29, 1.82) is 0 Å². The highest BCUT2D eigenvalue weighted by Crippen LogP contribution is 2.27. The zero-order valence-corrected chi connectivity index (χ0v) is 13.1. The van der Waals surface area contributed by atoms with Crippen molar-refractivity contribution in [3.63, 3.8) is 0 Å². The van der Waals surface area contributed by atoms with Crippen molar-refractivity contribution in [1.82, 2.24) is 10.1 Å². The molecule has 1 aliphatic rings. The molecule has 114 valence electrons. The lowest BCUT2D eigenvalue weighted by Crippen LogP contribution is -2.27. The molecule has 0 spiro atoms. The Morgan fingerprint density at radius 3 is 3.00 bits per heavy atom. The second-order valence-electron chi connectivity index (χ2n) is 5.76. The summed E-state index contributed by atoms with van der Waals surface area (Å²) in [6.07, 6.45) is 10.6. The molecular formula is C17H19ClN3O+. The molecule has 1 heterocycles. The summed E-state index contributed by atoms with van der Waals surface area (Å²) in [7, 11) is 0. The first-order valence-electron chi connectivity index (χ1n) is 7.64. The minimum absolute atomic E-state index is 0.179. The average molecular weight is 317 g/mol. The highest BCUT2D eigenvalue weighted by atomic mass is 35.5. The van der Waals surface area contributed by atoms with E-state index in [2.05, 4.69) is 10.1 Å². The van der Waals surface area contributed by atoms with Crippen LogP contribution in [0.25, 0.3) is 17.6 Å². The second-order valence-corrected chi connectivity index (χ2v) is 6.20. The molecule has 22 heavy (non-hydrogen) atoms. The summed E-state index contributed by atoms with van der Waals surface area (Å²) in [6, 6.07) is 7.48. The van der Waals surface area contributed by atoms with Crippen LogP contribution in [0.2, 0.25) is 5.02 Å². The molecule has 0 bridgehead atoms. The highest BCUT2D eigenvalue weighted by Gasteiger charge is 2.17. The van der Waals surface area contributed by atoms with Gasteiger partial charge < -0.3 is 0 Å². The van der Waals surface area contributed by atoms with E-state index in [-0.39, 0.29) is 5.78 Å². The first kappa shape index (κ1) is 15.0. The summed E-state index contributed by atoms with van der Waals surface area (Å²) in [5.74, 6) is 1.47. The lowest BCUT2D eigenvalue weighted by atomic mass is 10.0. The highest BCUT2D eigenvalue weighted by molar-refractivity contribution is 6.30. The molecule has 0 amide bonds. The molecule has 2 aromatic rings. The topological polar surface area (TPSA) is 49.6 Å². The fraction of sp³-hybridized carbons (Fsp3) is 0.353. The summed E-state index contributed by atoms with van der Waals surface area (Å²) in [4.78, 5) is 16.2. The Balaban J connectivity index is 1.63. The van der Waals surface area contributed by atoms with E-state index in [0.717, 1.165) is 11.4 Å². The number of aromatic amines is 1. The van der Waals surface area contributed by atoms with Gasteiger partial charge in [-0.1, -0.05) is 43.4 Å². The van der Waals surface area contributed by atoms with Gasteiger partial charge in [0.1, 0.15) is 6.20 Å². The summed E-state index contributed by atoms with van der Waals surface area (Å²) >= 11 is 5.98. The van der Waals surface area contributed by atoms with Crippen molar-refractivity contribution in [3.8, 4) is 11.4 Å². The third kappa shape index (κ3) is 3.83. The van der Waals surface area contributed by atoms with Crippen LogP contribution in [0, 0.1) is 5.92 Å². The maximum Gasteiger partial charge on any atom is 0.312 e. The molecule has 0 saturated heterocycles. The molecule has 1 aromatic heterocycles. The van der Waals surface area contributed by atoms with Crippen molar-refractivity contribution < 1.29 is 9.48 Å². The van der Waals surface area contributed by atoms with Gasteiger partial charge in [0.25, 0.3) is 5.82 Å². The lowest BCUT2D eigenvalue weighted by molar-refractivity contribution is -0.630. The van der Waals surface area contributed by atoms with Crippen LogP contribution in [0.15, 0.2) is 36.7 Å². The molecule has 0 atom stereocenters. The maximum absolute atomic E-state index is 11.9. The number of aromatic nitrogens is 3. The third-order valence-electron chi connectivity index (χ3n) is 4.03. The summed E-state index contributed by atoms with van der Waals surface area (Å²) < 4.78 is 1.68. The van der Waals surface area contributed by atoms with Gasteiger partial charge in [-0.3, -0.25) is 4.79 Å².